The predicted molar refractivity (Wildman–Crippen MR) is 86.2 cm³/mol. The summed E-state index contributed by atoms with van der Waals surface area (Å²) in [6.07, 6.45) is 0. The lowest BCUT2D eigenvalue weighted by molar-refractivity contribution is 0.0905. The van der Waals surface area contributed by atoms with Gasteiger partial charge in [0.1, 0.15) is 5.75 Å². The number of benzene rings is 2. The number of ether oxygens (including phenoxy) is 1. The van der Waals surface area contributed by atoms with Gasteiger partial charge in [0.25, 0.3) is 0 Å². The Morgan fingerprint density at radius 1 is 1.14 bits per heavy atom. The van der Waals surface area contributed by atoms with Crippen LogP contribution in [0.1, 0.15) is 29.8 Å². The first-order valence-electron chi connectivity index (χ1n) is 6.60. The standard InChI is InChI=1S/C17H18ClNO2/c1-17(2,11-4-7-13(19)8-5-11)16(20)14-10-12(18)6-9-15(14)21-3/h4-10H,19H2,1-3H3. The van der Waals surface area contributed by atoms with Crippen molar-refractivity contribution in [2.45, 2.75) is 19.3 Å². The summed E-state index contributed by atoms with van der Waals surface area (Å²) in [5.74, 6) is 0.472. The summed E-state index contributed by atoms with van der Waals surface area (Å²) in [5.41, 5.74) is 7.04. The van der Waals surface area contributed by atoms with Gasteiger partial charge in [0.15, 0.2) is 5.78 Å². The molecule has 2 aromatic carbocycles. The summed E-state index contributed by atoms with van der Waals surface area (Å²) in [5, 5.41) is 0.507. The molecule has 0 amide bonds. The highest BCUT2D eigenvalue weighted by molar-refractivity contribution is 6.31. The molecule has 0 aliphatic heterocycles. The van der Waals surface area contributed by atoms with Crippen molar-refractivity contribution in [1.82, 2.24) is 0 Å². The number of rotatable bonds is 4. The van der Waals surface area contributed by atoms with Crippen molar-refractivity contribution in [3.63, 3.8) is 0 Å². The normalized spacial score (nSPS) is 11.2. The van der Waals surface area contributed by atoms with Crippen LogP contribution in [-0.4, -0.2) is 12.9 Å². The van der Waals surface area contributed by atoms with Gasteiger partial charge in [0.05, 0.1) is 18.1 Å². The van der Waals surface area contributed by atoms with E-state index in [1.165, 1.54) is 7.11 Å². The van der Waals surface area contributed by atoms with E-state index in [9.17, 15) is 4.79 Å². The molecule has 4 heteroatoms. The lowest BCUT2D eigenvalue weighted by atomic mass is 9.78. The zero-order chi connectivity index (χ0) is 15.6. The Morgan fingerprint density at radius 3 is 2.33 bits per heavy atom. The number of ketones is 1. The minimum absolute atomic E-state index is 0.0494. The minimum atomic E-state index is -0.703. The molecular weight excluding hydrogens is 286 g/mol. The molecule has 0 bridgehead atoms. The molecule has 2 aromatic rings. The van der Waals surface area contributed by atoms with Crippen LogP contribution in [-0.2, 0) is 5.41 Å². The summed E-state index contributed by atoms with van der Waals surface area (Å²) in [6, 6.07) is 12.4. The van der Waals surface area contributed by atoms with Crippen LogP contribution in [0.2, 0.25) is 5.02 Å². The van der Waals surface area contributed by atoms with E-state index in [-0.39, 0.29) is 5.78 Å². The van der Waals surface area contributed by atoms with Gasteiger partial charge >= 0.3 is 0 Å². The molecule has 0 aliphatic carbocycles. The lowest BCUT2D eigenvalue weighted by Crippen LogP contribution is -2.29. The van der Waals surface area contributed by atoms with E-state index in [1.54, 1.807) is 30.3 Å². The molecule has 0 spiro atoms. The highest BCUT2D eigenvalue weighted by Crippen LogP contribution is 2.33. The Hall–Kier alpha value is -2.00. The number of methoxy groups -OCH3 is 1. The molecule has 3 nitrogen and oxygen atoms in total. The monoisotopic (exact) mass is 303 g/mol. The fourth-order valence-corrected chi connectivity index (χ4v) is 2.40. The van der Waals surface area contributed by atoms with Crippen LogP contribution < -0.4 is 10.5 Å². The molecule has 0 fully saturated rings. The van der Waals surface area contributed by atoms with Crippen molar-refractivity contribution in [2.75, 3.05) is 12.8 Å². The van der Waals surface area contributed by atoms with Crippen LogP contribution in [0, 0.1) is 0 Å². The summed E-state index contributed by atoms with van der Waals surface area (Å²) in [6.45, 7) is 3.75. The Balaban J connectivity index is 2.47. The molecule has 2 rings (SSSR count). The molecule has 0 heterocycles. The van der Waals surface area contributed by atoms with Gasteiger partial charge in [0.2, 0.25) is 0 Å². The van der Waals surface area contributed by atoms with Gasteiger partial charge in [-0.2, -0.15) is 0 Å². The van der Waals surface area contributed by atoms with Crippen molar-refractivity contribution in [3.05, 3.63) is 58.6 Å². The van der Waals surface area contributed by atoms with E-state index in [0.29, 0.717) is 22.0 Å². The molecule has 0 atom stereocenters. The highest BCUT2D eigenvalue weighted by Gasteiger charge is 2.32. The molecule has 0 aromatic heterocycles. The largest absolute Gasteiger partial charge is 0.496 e. The quantitative estimate of drug-likeness (QED) is 0.683. The number of carbonyl (C=O) groups is 1. The predicted octanol–water partition coefficient (Wildman–Crippen LogP) is 4.09. The van der Waals surface area contributed by atoms with Gasteiger partial charge < -0.3 is 10.5 Å². The van der Waals surface area contributed by atoms with Crippen molar-refractivity contribution in [2.24, 2.45) is 0 Å². The summed E-state index contributed by atoms with van der Waals surface area (Å²) < 4.78 is 5.27. The smallest absolute Gasteiger partial charge is 0.176 e. The van der Waals surface area contributed by atoms with Crippen LogP contribution in [0.5, 0.6) is 5.75 Å². The molecule has 0 radical (unpaired) electrons. The van der Waals surface area contributed by atoms with Gasteiger partial charge in [-0.15, -0.1) is 0 Å². The Morgan fingerprint density at radius 2 is 1.76 bits per heavy atom. The molecular formula is C17H18ClNO2. The zero-order valence-corrected chi connectivity index (χ0v) is 13.1. The molecule has 0 aliphatic rings. The SMILES string of the molecule is COc1ccc(Cl)cc1C(=O)C(C)(C)c1ccc(N)cc1. The van der Waals surface area contributed by atoms with Gasteiger partial charge in [0, 0.05) is 10.7 Å². The molecule has 0 saturated heterocycles. The Kier molecular flexibility index (Phi) is 4.24. The van der Waals surface area contributed by atoms with E-state index >= 15 is 0 Å². The van der Waals surface area contributed by atoms with Crippen LogP contribution in [0.15, 0.2) is 42.5 Å². The van der Waals surface area contributed by atoms with Crippen molar-refractivity contribution in [3.8, 4) is 5.75 Å². The van der Waals surface area contributed by atoms with Gasteiger partial charge in [-0.05, 0) is 49.7 Å². The van der Waals surface area contributed by atoms with Crippen LogP contribution in [0.3, 0.4) is 0 Å². The van der Waals surface area contributed by atoms with E-state index < -0.39 is 5.41 Å². The van der Waals surface area contributed by atoms with Gasteiger partial charge in [-0.1, -0.05) is 23.7 Å². The molecule has 0 saturated carbocycles. The molecule has 0 unspecified atom stereocenters. The second-order valence-corrected chi connectivity index (χ2v) is 5.86. The Bertz CT molecular complexity index is 663. The third-order valence-corrected chi connectivity index (χ3v) is 3.84. The van der Waals surface area contributed by atoms with Crippen LogP contribution >= 0.6 is 11.6 Å². The minimum Gasteiger partial charge on any atom is -0.496 e. The van der Waals surface area contributed by atoms with Gasteiger partial charge in [-0.3, -0.25) is 4.79 Å². The maximum Gasteiger partial charge on any atom is 0.176 e. The molecule has 110 valence electrons. The van der Waals surface area contributed by atoms with Gasteiger partial charge in [-0.25, -0.2) is 0 Å². The zero-order valence-electron chi connectivity index (χ0n) is 12.3. The fraction of sp³-hybridized carbons (Fsp3) is 0.235. The summed E-state index contributed by atoms with van der Waals surface area (Å²) in [4.78, 5) is 12.9. The van der Waals surface area contributed by atoms with E-state index in [0.717, 1.165) is 5.56 Å². The molecule has 2 N–H and O–H groups in total. The maximum atomic E-state index is 12.9. The van der Waals surface area contributed by atoms with Crippen molar-refractivity contribution < 1.29 is 9.53 Å². The highest BCUT2D eigenvalue weighted by atomic mass is 35.5. The number of hydrogen-bond acceptors (Lipinski definition) is 3. The topological polar surface area (TPSA) is 52.3 Å². The third-order valence-electron chi connectivity index (χ3n) is 3.61. The number of carbonyl (C=O) groups excluding carboxylic acids is 1. The second kappa shape index (κ2) is 5.78. The average molecular weight is 304 g/mol. The number of nitrogens with two attached hydrogens (primary N) is 1. The van der Waals surface area contributed by atoms with E-state index in [2.05, 4.69) is 0 Å². The number of anilines is 1. The third kappa shape index (κ3) is 3.03. The number of halogens is 1. The fourth-order valence-electron chi connectivity index (χ4n) is 2.23. The Labute approximate surface area is 129 Å². The number of nitrogen functional groups attached to an aromatic ring is 1. The number of hydrogen-bond donors (Lipinski definition) is 1. The first kappa shape index (κ1) is 15.4. The average Bonchev–Trinajstić information content (AvgIpc) is 2.46. The van der Waals surface area contributed by atoms with Crippen LogP contribution in [0.4, 0.5) is 5.69 Å². The first-order chi connectivity index (χ1) is 9.86. The second-order valence-electron chi connectivity index (χ2n) is 5.42. The van der Waals surface area contributed by atoms with Crippen LogP contribution in [0.25, 0.3) is 0 Å². The first-order valence-corrected chi connectivity index (χ1v) is 6.98. The molecule has 21 heavy (non-hydrogen) atoms. The van der Waals surface area contributed by atoms with E-state index in [4.69, 9.17) is 22.1 Å². The summed E-state index contributed by atoms with van der Waals surface area (Å²) >= 11 is 6.01. The van der Waals surface area contributed by atoms with Crippen molar-refractivity contribution >= 4 is 23.1 Å². The summed E-state index contributed by atoms with van der Waals surface area (Å²) in [7, 11) is 1.54. The number of Topliss-reactive ketones (excluding diaryl/α,β-unsaturated/α-hetero) is 1. The van der Waals surface area contributed by atoms with Crippen molar-refractivity contribution in [1.29, 1.82) is 0 Å². The maximum absolute atomic E-state index is 12.9. The van der Waals surface area contributed by atoms with E-state index in [1.807, 2.05) is 26.0 Å². The lowest BCUT2D eigenvalue weighted by Gasteiger charge is -2.25.